The van der Waals surface area contributed by atoms with E-state index in [1.165, 1.54) is 38.5 Å². The lowest BCUT2D eigenvalue weighted by molar-refractivity contribution is 0.227. The maximum atomic E-state index is 2.46. The number of hydrogen-bond acceptors (Lipinski definition) is 0. The molecule has 0 saturated heterocycles. The summed E-state index contributed by atoms with van der Waals surface area (Å²) < 4.78 is 0. The topological polar surface area (TPSA) is 0 Å². The summed E-state index contributed by atoms with van der Waals surface area (Å²) in [4.78, 5) is 0. The first kappa shape index (κ1) is 14.0. The van der Waals surface area contributed by atoms with Crippen LogP contribution in [0.3, 0.4) is 0 Å². The van der Waals surface area contributed by atoms with Crippen molar-refractivity contribution < 1.29 is 0 Å². The van der Waals surface area contributed by atoms with Gasteiger partial charge in [0.1, 0.15) is 0 Å². The highest BCUT2D eigenvalue weighted by molar-refractivity contribution is 4.70. The highest BCUT2D eigenvalue weighted by Crippen LogP contribution is 2.30. The van der Waals surface area contributed by atoms with Crippen molar-refractivity contribution in [1.29, 1.82) is 0 Å². The molecule has 0 heteroatoms. The van der Waals surface area contributed by atoms with Crippen LogP contribution < -0.4 is 0 Å². The van der Waals surface area contributed by atoms with Gasteiger partial charge in [-0.05, 0) is 17.8 Å². The van der Waals surface area contributed by atoms with Crippen molar-refractivity contribution in [2.75, 3.05) is 0 Å². The summed E-state index contributed by atoms with van der Waals surface area (Å²) in [7, 11) is 0. The summed E-state index contributed by atoms with van der Waals surface area (Å²) in [6.45, 7) is 11.9. The van der Waals surface area contributed by atoms with Gasteiger partial charge in [-0.3, -0.25) is 0 Å². The highest BCUT2D eigenvalue weighted by Gasteiger charge is 2.19. The molecular formula is C14H30. The van der Waals surface area contributed by atoms with E-state index in [0.717, 1.165) is 17.8 Å². The summed E-state index contributed by atoms with van der Waals surface area (Å²) in [5, 5.41) is 0. The van der Waals surface area contributed by atoms with E-state index in [9.17, 15) is 0 Å². The van der Waals surface area contributed by atoms with Crippen molar-refractivity contribution in [2.24, 2.45) is 17.8 Å². The first-order chi connectivity index (χ1) is 6.67. The van der Waals surface area contributed by atoms with Gasteiger partial charge in [0.25, 0.3) is 0 Å². The molecule has 0 aromatic heterocycles. The van der Waals surface area contributed by atoms with Gasteiger partial charge in [-0.15, -0.1) is 0 Å². The average molecular weight is 198 g/mol. The summed E-state index contributed by atoms with van der Waals surface area (Å²) in [5.74, 6) is 2.81. The molecule has 0 N–H and O–H groups in total. The predicted molar refractivity (Wildman–Crippen MR) is 66.5 cm³/mol. The smallest absolute Gasteiger partial charge is 0.0389 e. The molecule has 0 bridgehead atoms. The second-order valence-electron chi connectivity index (χ2n) is 4.94. The molecule has 0 aliphatic carbocycles. The van der Waals surface area contributed by atoms with E-state index >= 15 is 0 Å². The minimum atomic E-state index is 0.918. The molecule has 14 heavy (non-hydrogen) atoms. The van der Waals surface area contributed by atoms with Gasteiger partial charge in [0.2, 0.25) is 0 Å². The molecule has 86 valence electrons. The summed E-state index contributed by atoms with van der Waals surface area (Å²) in [5.41, 5.74) is 0. The normalized spacial score (nSPS) is 17.8. The second-order valence-corrected chi connectivity index (χ2v) is 4.94. The third-order valence-corrected chi connectivity index (χ3v) is 3.84. The molecule has 3 atom stereocenters. The van der Waals surface area contributed by atoms with E-state index in [2.05, 4.69) is 34.6 Å². The zero-order valence-electron chi connectivity index (χ0n) is 11.0. The molecule has 0 saturated carbocycles. The Morgan fingerprint density at radius 2 is 1.50 bits per heavy atom. The van der Waals surface area contributed by atoms with E-state index in [1.54, 1.807) is 0 Å². The standard InChI is InChI=1S/C14H30/c1-6-9-11-14(8-3)13(5)12(4)10-7-2/h12-14H,6-11H2,1-5H3. The molecule has 0 amide bonds. The number of unbranched alkanes of at least 4 members (excludes halogenated alkanes) is 1. The molecule has 0 aliphatic rings. The monoisotopic (exact) mass is 198 g/mol. The zero-order valence-corrected chi connectivity index (χ0v) is 11.0. The molecular weight excluding hydrogens is 168 g/mol. The maximum Gasteiger partial charge on any atom is -0.0389 e. The summed E-state index contributed by atoms with van der Waals surface area (Å²) >= 11 is 0. The molecule has 0 aromatic rings. The van der Waals surface area contributed by atoms with Crippen molar-refractivity contribution in [3.05, 3.63) is 0 Å². The van der Waals surface area contributed by atoms with Crippen molar-refractivity contribution in [1.82, 2.24) is 0 Å². The molecule has 0 spiro atoms. The summed E-state index contributed by atoms with van der Waals surface area (Å²) in [6.07, 6.45) is 8.34. The lowest BCUT2D eigenvalue weighted by Crippen LogP contribution is -2.18. The zero-order chi connectivity index (χ0) is 11.0. The van der Waals surface area contributed by atoms with Gasteiger partial charge in [-0.1, -0.05) is 73.1 Å². The van der Waals surface area contributed by atoms with Gasteiger partial charge >= 0.3 is 0 Å². The van der Waals surface area contributed by atoms with Crippen LogP contribution in [0.1, 0.15) is 73.1 Å². The van der Waals surface area contributed by atoms with E-state index in [0.29, 0.717) is 0 Å². The predicted octanol–water partition coefficient (Wildman–Crippen LogP) is 5.28. The maximum absolute atomic E-state index is 2.46. The van der Waals surface area contributed by atoms with Gasteiger partial charge in [-0.2, -0.15) is 0 Å². The minimum absolute atomic E-state index is 0.918. The summed E-state index contributed by atoms with van der Waals surface area (Å²) in [6, 6.07) is 0. The molecule has 0 heterocycles. The molecule has 0 rings (SSSR count). The van der Waals surface area contributed by atoms with E-state index in [1.807, 2.05) is 0 Å². The van der Waals surface area contributed by atoms with Crippen LogP contribution in [0.25, 0.3) is 0 Å². The Kier molecular flexibility index (Phi) is 8.32. The van der Waals surface area contributed by atoms with Crippen LogP contribution in [0.5, 0.6) is 0 Å². The second kappa shape index (κ2) is 8.32. The minimum Gasteiger partial charge on any atom is -0.0654 e. The van der Waals surface area contributed by atoms with Crippen LogP contribution in [0, 0.1) is 17.8 Å². The lowest BCUT2D eigenvalue weighted by atomic mass is 9.78. The molecule has 3 unspecified atom stereocenters. The van der Waals surface area contributed by atoms with Crippen LogP contribution >= 0.6 is 0 Å². The van der Waals surface area contributed by atoms with E-state index in [4.69, 9.17) is 0 Å². The molecule has 0 radical (unpaired) electrons. The van der Waals surface area contributed by atoms with Gasteiger partial charge < -0.3 is 0 Å². The van der Waals surface area contributed by atoms with Crippen LogP contribution in [0.2, 0.25) is 0 Å². The Balaban J connectivity index is 3.94. The Bertz CT molecular complexity index is 117. The average Bonchev–Trinajstić information content (AvgIpc) is 2.19. The van der Waals surface area contributed by atoms with Gasteiger partial charge in [-0.25, -0.2) is 0 Å². The largest absolute Gasteiger partial charge is 0.0654 e. The van der Waals surface area contributed by atoms with E-state index in [-0.39, 0.29) is 0 Å². The Labute approximate surface area is 91.5 Å². The number of hydrogen-bond donors (Lipinski definition) is 0. The molecule has 0 fully saturated rings. The van der Waals surface area contributed by atoms with E-state index < -0.39 is 0 Å². The molecule has 0 nitrogen and oxygen atoms in total. The van der Waals surface area contributed by atoms with Crippen molar-refractivity contribution >= 4 is 0 Å². The van der Waals surface area contributed by atoms with Gasteiger partial charge in [0, 0.05) is 0 Å². The third kappa shape index (κ3) is 5.02. The first-order valence-electron chi connectivity index (χ1n) is 6.67. The third-order valence-electron chi connectivity index (χ3n) is 3.84. The van der Waals surface area contributed by atoms with Crippen LogP contribution in [-0.4, -0.2) is 0 Å². The Morgan fingerprint density at radius 1 is 0.857 bits per heavy atom. The van der Waals surface area contributed by atoms with Crippen molar-refractivity contribution in [3.63, 3.8) is 0 Å². The highest BCUT2D eigenvalue weighted by atomic mass is 14.3. The molecule has 0 aromatic carbocycles. The SMILES string of the molecule is CCCCC(CC)C(C)C(C)CCC. The first-order valence-corrected chi connectivity index (χ1v) is 6.67. The Hall–Kier alpha value is 0. The van der Waals surface area contributed by atoms with Gasteiger partial charge in [0.15, 0.2) is 0 Å². The number of rotatable bonds is 8. The van der Waals surface area contributed by atoms with Crippen molar-refractivity contribution in [2.45, 2.75) is 73.1 Å². The van der Waals surface area contributed by atoms with Crippen LogP contribution in [0.4, 0.5) is 0 Å². The molecule has 0 aliphatic heterocycles. The van der Waals surface area contributed by atoms with Crippen molar-refractivity contribution in [3.8, 4) is 0 Å². The van der Waals surface area contributed by atoms with Crippen LogP contribution in [-0.2, 0) is 0 Å². The fraction of sp³-hybridized carbons (Fsp3) is 1.00. The van der Waals surface area contributed by atoms with Gasteiger partial charge in [0.05, 0.1) is 0 Å². The Morgan fingerprint density at radius 3 is 1.93 bits per heavy atom. The fourth-order valence-electron chi connectivity index (χ4n) is 2.49. The fourth-order valence-corrected chi connectivity index (χ4v) is 2.49. The van der Waals surface area contributed by atoms with Crippen LogP contribution in [0.15, 0.2) is 0 Å². The quantitative estimate of drug-likeness (QED) is 0.498. The lowest BCUT2D eigenvalue weighted by Gasteiger charge is -2.28.